The van der Waals surface area contributed by atoms with E-state index in [2.05, 4.69) is 10.6 Å². The number of morpholine rings is 1. The Morgan fingerprint density at radius 1 is 1.50 bits per heavy atom. The highest BCUT2D eigenvalue weighted by atomic mass is 35.5. The normalized spacial score (nSPS) is 18.8. The van der Waals surface area contributed by atoms with Crippen LogP contribution in [0.3, 0.4) is 0 Å². The van der Waals surface area contributed by atoms with Crippen LogP contribution in [0.5, 0.6) is 0 Å². The number of amides is 1. The van der Waals surface area contributed by atoms with Crippen LogP contribution < -0.4 is 10.6 Å². The van der Waals surface area contributed by atoms with Crippen LogP contribution in [0.4, 0.5) is 0 Å². The quantitative estimate of drug-likeness (QED) is 0.884. The van der Waals surface area contributed by atoms with Gasteiger partial charge in [-0.1, -0.05) is 29.8 Å². The number of nitrogens with one attached hydrogen (secondary N) is 2. The SMILES string of the molecule is Cl.O=C(NCc1ccccc1Cl)C1CNCCO1. The molecule has 1 aliphatic heterocycles. The molecule has 2 rings (SSSR count). The van der Waals surface area contributed by atoms with E-state index in [1.54, 1.807) is 0 Å². The van der Waals surface area contributed by atoms with Gasteiger partial charge in [0.25, 0.3) is 5.91 Å². The van der Waals surface area contributed by atoms with Crippen LogP contribution in [0.2, 0.25) is 5.02 Å². The molecule has 0 radical (unpaired) electrons. The van der Waals surface area contributed by atoms with Crippen LogP contribution in [0.25, 0.3) is 0 Å². The fourth-order valence-corrected chi connectivity index (χ4v) is 1.87. The Bertz CT molecular complexity index is 395. The lowest BCUT2D eigenvalue weighted by molar-refractivity contribution is -0.134. The first-order valence-corrected chi connectivity index (χ1v) is 5.98. The van der Waals surface area contributed by atoms with E-state index in [1.165, 1.54) is 0 Å². The summed E-state index contributed by atoms with van der Waals surface area (Å²) in [6.45, 7) is 2.37. The minimum absolute atomic E-state index is 0. The Hall–Kier alpha value is -0.810. The van der Waals surface area contributed by atoms with Gasteiger partial charge in [-0.25, -0.2) is 0 Å². The van der Waals surface area contributed by atoms with E-state index in [4.69, 9.17) is 16.3 Å². The molecule has 0 saturated carbocycles. The van der Waals surface area contributed by atoms with Crippen molar-refractivity contribution in [3.8, 4) is 0 Å². The van der Waals surface area contributed by atoms with Gasteiger partial charge in [0.15, 0.2) is 0 Å². The van der Waals surface area contributed by atoms with Crippen molar-refractivity contribution in [1.82, 2.24) is 10.6 Å². The summed E-state index contributed by atoms with van der Waals surface area (Å²) < 4.78 is 5.35. The number of ether oxygens (including phenoxy) is 1. The number of carbonyl (C=O) groups excluding carboxylic acids is 1. The van der Waals surface area contributed by atoms with Crippen molar-refractivity contribution in [2.45, 2.75) is 12.6 Å². The molecule has 18 heavy (non-hydrogen) atoms. The molecule has 4 nitrogen and oxygen atoms in total. The smallest absolute Gasteiger partial charge is 0.250 e. The molecule has 2 N–H and O–H groups in total. The molecule has 0 spiro atoms. The fraction of sp³-hybridized carbons (Fsp3) is 0.417. The zero-order chi connectivity index (χ0) is 12.1. The van der Waals surface area contributed by atoms with Crippen LogP contribution >= 0.6 is 24.0 Å². The van der Waals surface area contributed by atoms with Crippen molar-refractivity contribution in [2.24, 2.45) is 0 Å². The summed E-state index contributed by atoms with van der Waals surface area (Å²) in [5.74, 6) is -0.0999. The topological polar surface area (TPSA) is 50.4 Å². The Kier molecular flexibility index (Phi) is 6.43. The zero-order valence-electron chi connectivity index (χ0n) is 9.82. The summed E-state index contributed by atoms with van der Waals surface area (Å²) in [5.41, 5.74) is 0.909. The van der Waals surface area contributed by atoms with Gasteiger partial charge in [-0.15, -0.1) is 12.4 Å². The van der Waals surface area contributed by atoms with Crippen molar-refractivity contribution in [3.63, 3.8) is 0 Å². The van der Waals surface area contributed by atoms with E-state index in [9.17, 15) is 4.79 Å². The maximum absolute atomic E-state index is 11.8. The second-order valence-electron chi connectivity index (χ2n) is 3.87. The molecule has 0 aliphatic carbocycles. The van der Waals surface area contributed by atoms with E-state index in [1.807, 2.05) is 24.3 Å². The maximum atomic E-state index is 11.8. The molecule has 1 heterocycles. The highest BCUT2D eigenvalue weighted by molar-refractivity contribution is 6.31. The molecule has 0 aromatic heterocycles. The molecule has 6 heteroatoms. The summed E-state index contributed by atoms with van der Waals surface area (Å²) in [6.07, 6.45) is -0.397. The highest BCUT2D eigenvalue weighted by Crippen LogP contribution is 2.14. The lowest BCUT2D eigenvalue weighted by Gasteiger charge is -2.22. The Labute approximate surface area is 117 Å². The average molecular weight is 291 g/mol. The first-order valence-electron chi connectivity index (χ1n) is 5.61. The maximum Gasteiger partial charge on any atom is 0.250 e. The van der Waals surface area contributed by atoms with Crippen molar-refractivity contribution in [2.75, 3.05) is 19.7 Å². The largest absolute Gasteiger partial charge is 0.366 e. The van der Waals surface area contributed by atoms with Gasteiger partial charge in [-0.2, -0.15) is 0 Å². The molecule has 1 aliphatic rings. The molecule has 1 aromatic carbocycles. The molecule has 1 atom stereocenters. The molecule has 1 fully saturated rings. The van der Waals surface area contributed by atoms with Crippen LogP contribution in [-0.4, -0.2) is 31.7 Å². The zero-order valence-corrected chi connectivity index (χ0v) is 11.4. The van der Waals surface area contributed by atoms with Gasteiger partial charge in [0.2, 0.25) is 0 Å². The van der Waals surface area contributed by atoms with Crippen LogP contribution in [0, 0.1) is 0 Å². The Balaban J connectivity index is 0.00000162. The molecule has 1 unspecified atom stereocenters. The molecule has 1 amide bonds. The lowest BCUT2D eigenvalue weighted by Crippen LogP contribution is -2.47. The number of carbonyl (C=O) groups is 1. The summed E-state index contributed by atoms with van der Waals surface area (Å²) >= 11 is 6.00. The number of rotatable bonds is 3. The molecular formula is C12H16Cl2N2O2. The third-order valence-electron chi connectivity index (χ3n) is 2.63. The third-order valence-corrected chi connectivity index (χ3v) is 3.00. The monoisotopic (exact) mass is 290 g/mol. The minimum Gasteiger partial charge on any atom is -0.366 e. The fourth-order valence-electron chi connectivity index (χ4n) is 1.67. The summed E-state index contributed by atoms with van der Waals surface area (Å²) in [4.78, 5) is 11.8. The summed E-state index contributed by atoms with van der Waals surface area (Å²) in [6, 6.07) is 7.46. The van der Waals surface area contributed by atoms with Crippen LogP contribution in [0.15, 0.2) is 24.3 Å². The van der Waals surface area contributed by atoms with E-state index in [0.29, 0.717) is 24.7 Å². The standard InChI is InChI=1S/C12H15ClN2O2.ClH/c13-10-4-2-1-3-9(10)7-15-12(16)11-8-14-5-6-17-11;/h1-4,11,14H,5-8H2,(H,15,16);1H. The van der Waals surface area contributed by atoms with Crippen molar-refractivity contribution in [3.05, 3.63) is 34.9 Å². The minimum atomic E-state index is -0.397. The Morgan fingerprint density at radius 2 is 2.28 bits per heavy atom. The van der Waals surface area contributed by atoms with Crippen molar-refractivity contribution >= 4 is 29.9 Å². The van der Waals surface area contributed by atoms with Crippen molar-refractivity contribution in [1.29, 1.82) is 0 Å². The van der Waals surface area contributed by atoms with E-state index >= 15 is 0 Å². The number of benzene rings is 1. The highest BCUT2D eigenvalue weighted by Gasteiger charge is 2.21. The number of hydrogen-bond donors (Lipinski definition) is 2. The van der Waals surface area contributed by atoms with E-state index < -0.39 is 6.10 Å². The summed E-state index contributed by atoms with van der Waals surface area (Å²) in [7, 11) is 0. The second kappa shape index (κ2) is 7.59. The lowest BCUT2D eigenvalue weighted by atomic mass is 10.2. The summed E-state index contributed by atoms with van der Waals surface area (Å²) in [5, 5.41) is 6.60. The van der Waals surface area contributed by atoms with Crippen LogP contribution in [0.1, 0.15) is 5.56 Å². The predicted molar refractivity (Wildman–Crippen MR) is 73.2 cm³/mol. The number of halogens is 2. The molecule has 100 valence electrons. The van der Waals surface area contributed by atoms with Gasteiger partial charge in [0, 0.05) is 24.7 Å². The molecule has 1 aromatic rings. The first-order chi connectivity index (χ1) is 8.27. The van der Waals surface area contributed by atoms with Gasteiger partial charge in [-0.05, 0) is 11.6 Å². The average Bonchev–Trinajstić information content (AvgIpc) is 2.38. The molecule has 1 saturated heterocycles. The predicted octanol–water partition coefficient (Wildman–Crippen LogP) is 1.37. The van der Waals surface area contributed by atoms with Gasteiger partial charge in [0.1, 0.15) is 6.10 Å². The second-order valence-corrected chi connectivity index (χ2v) is 4.28. The van der Waals surface area contributed by atoms with Gasteiger partial charge >= 0.3 is 0 Å². The Morgan fingerprint density at radius 3 is 2.94 bits per heavy atom. The van der Waals surface area contributed by atoms with Gasteiger partial charge in [-0.3, -0.25) is 4.79 Å². The molecule has 0 bridgehead atoms. The molecular weight excluding hydrogens is 275 g/mol. The third kappa shape index (κ3) is 4.14. The van der Waals surface area contributed by atoms with Gasteiger partial charge in [0.05, 0.1) is 6.61 Å². The number of hydrogen-bond acceptors (Lipinski definition) is 3. The van der Waals surface area contributed by atoms with Crippen LogP contribution in [-0.2, 0) is 16.1 Å². The van der Waals surface area contributed by atoms with Crippen molar-refractivity contribution < 1.29 is 9.53 Å². The van der Waals surface area contributed by atoms with E-state index in [-0.39, 0.29) is 18.3 Å². The van der Waals surface area contributed by atoms with Gasteiger partial charge < -0.3 is 15.4 Å². The first kappa shape index (κ1) is 15.2. The van der Waals surface area contributed by atoms with E-state index in [0.717, 1.165) is 12.1 Å².